The van der Waals surface area contributed by atoms with E-state index in [1.165, 1.54) is 69.7 Å². The summed E-state index contributed by atoms with van der Waals surface area (Å²) in [5.41, 5.74) is 2.77. The lowest BCUT2D eigenvalue weighted by molar-refractivity contribution is -1.01. The minimum Gasteiger partial charge on any atom is -0.326 e. The average Bonchev–Trinajstić information content (AvgIpc) is 2.62. The summed E-state index contributed by atoms with van der Waals surface area (Å²) >= 11 is 0. The molecular weight excluding hydrogens is 304 g/mol. The molecule has 0 bridgehead atoms. The van der Waals surface area contributed by atoms with Crippen LogP contribution >= 0.6 is 0 Å². The predicted molar refractivity (Wildman–Crippen MR) is 109 cm³/mol. The molecule has 1 aromatic carbocycles. The molecule has 1 aliphatic heterocycles. The first-order chi connectivity index (χ1) is 12.1. The van der Waals surface area contributed by atoms with Crippen molar-refractivity contribution in [1.29, 1.82) is 0 Å². The highest BCUT2D eigenvalue weighted by molar-refractivity contribution is 5.48. The highest BCUT2D eigenvalue weighted by atomic mass is 15.3. The molecule has 0 saturated carbocycles. The zero-order valence-electron chi connectivity index (χ0n) is 16.6. The Bertz CT molecular complexity index is 520. The van der Waals surface area contributed by atoms with Crippen LogP contribution in [-0.4, -0.2) is 39.3 Å². The van der Waals surface area contributed by atoms with Gasteiger partial charge in [0.2, 0.25) is 0 Å². The quantitative estimate of drug-likeness (QED) is 0.637. The third kappa shape index (κ3) is 8.51. The second-order valence-corrected chi connectivity index (χ2v) is 8.02. The summed E-state index contributed by atoms with van der Waals surface area (Å²) in [6.07, 6.45) is 11.0. The molecule has 2 N–H and O–H groups in total. The van der Waals surface area contributed by atoms with Gasteiger partial charge < -0.3 is 9.80 Å². The topological polar surface area (TPSA) is 8.88 Å². The Morgan fingerprint density at radius 1 is 1.00 bits per heavy atom. The van der Waals surface area contributed by atoms with Crippen LogP contribution in [0.1, 0.15) is 45.6 Å². The van der Waals surface area contributed by atoms with Crippen LogP contribution < -0.4 is 9.80 Å². The van der Waals surface area contributed by atoms with Gasteiger partial charge in [0.15, 0.2) is 0 Å². The minimum atomic E-state index is 0.863. The number of hydrogen-bond acceptors (Lipinski definition) is 0. The maximum absolute atomic E-state index is 2.42. The Morgan fingerprint density at radius 3 is 2.36 bits per heavy atom. The molecule has 1 saturated heterocycles. The first kappa shape index (κ1) is 19.9. The Hall–Kier alpha value is -1.38. The van der Waals surface area contributed by atoms with Gasteiger partial charge in [-0.15, -0.1) is 0 Å². The fourth-order valence-corrected chi connectivity index (χ4v) is 3.59. The van der Waals surface area contributed by atoms with Crippen molar-refractivity contribution in [2.45, 2.75) is 40.0 Å². The second-order valence-electron chi connectivity index (χ2n) is 8.02. The summed E-state index contributed by atoms with van der Waals surface area (Å²) in [6.45, 7) is 14.7. The van der Waals surface area contributed by atoms with Crippen LogP contribution in [0.5, 0.6) is 0 Å². The predicted octanol–water partition coefficient (Wildman–Crippen LogP) is 2.26. The lowest BCUT2D eigenvalue weighted by Gasteiger charge is -2.29. The van der Waals surface area contributed by atoms with Gasteiger partial charge in [-0.05, 0) is 50.7 Å². The monoisotopic (exact) mass is 342 g/mol. The highest BCUT2D eigenvalue weighted by Crippen LogP contribution is 2.10. The molecule has 1 aromatic rings. The Morgan fingerprint density at radius 2 is 1.68 bits per heavy atom. The van der Waals surface area contributed by atoms with E-state index in [1.807, 2.05) is 4.90 Å². The molecule has 1 heterocycles. The molecule has 0 unspecified atom stereocenters. The molecule has 2 rings (SSSR count). The minimum absolute atomic E-state index is 0.863. The summed E-state index contributed by atoms with van der Waals surface area (Å²) in [6, 6.07) is 10.6. The Kier molecular flexibility index (Phi) is 8.99. The zero-order chi connectivity index (χ0) is 17.9. The summed E-state index contributed by atoms with van der Waals surface area (Å²) in [7, 11) is 0. The van der Waals surface area contributed by atoms with E-state index in [1.54, 1.807) is 4.90 Å². The molecule has 1 aliphatic rings. The number of hydrogen-bond donors (Lipinski definition) is 2. The lowest BCUT2D eigenvalue weighted by Crippen LogP contribution is -3.28. The molecule has 0 aromatic heterocycles. The maximum atomic E-state index is 2.42. The summed E-state index contributed by atoms with van der Waals surface area (Å²) in [4.78, 5) is 3.57. The molecule has 2 heteroatoms. The summed E-state index contributed by atoms with van der Waals surface area (Å²) < 4.78 is 0. The first-order valence-corrected chi connectivity index (χ1v) is 10.2. The van der Waals surface area contributed by atoms with Gasteiger partial charge in [0.05, 0.1) is 13.1 Å². The zero-order valence-corrected chi connectivity index (χ0v) is 16.6. The van der Waals surface area contributed by atoms with Crippen LogP contribution in [0.25, 0.3) is 6.08 Å². The van der Waals surface area contributed by atoms with E-state index in [9.17, 15) is 0 Å². The van der Waals surface area contributed by atoms with E-state index in [-0.39, 0.29) is 0 Å². The van der Waals surface area contributed by atoms with Crippen molar-refractivity contribution in [3.05, 3.63) is 53.6 Å². The number of allylic oxidation sites excluding steroid dienone is 2. The lowest BCUT2D eigenvalue weighted by atomic mass is 10.0. The maximum Gasteiger partial charge on any atom is 0.127 e. The fourth-order valence-electron chi connectivity index (χ4n) is 3.59. The summed E-state index contributed by atoms with van der Waals surface area (Å²) in [5.74, 6) is 0.863. The molecule has 0 amide bonds. The number of rotatable bonds is 9. The molecule has 2 nitrogen and oxygen atoms in total. The number of piperazine rings is 1. The van der Waals surface area contributed by atoms with E-state index >= 15 is 0 Å². The van der Waals surface area contributed by atoms with Gasteiger partial charge in [-0.25, -0.2) is 0 Å². The van der Waals surface area contributed by atoms with Crippen LogP contribution in [-0.2, 0) is 0 Å². The SMILES string of the molecule is CC(C)=CCC[C@H](C)CC[NH+]1CC[NH+](CC=Cc2ccccc2)CC1. The first-order valence-electron chi connectivity index (χ1n) is 10.2. The molecule has 0 spiro atoms. The molecule has 138 valence electrons. The van der Waals surface area contributed by atoms with Gasteiger partial charge in [-0.2, -0.15) is 0 Å². The molecular formula is C23H38N2+2. The largest absolute Gasteiger partial charge is 0.326 e. The van der Waals surface area contributed by atoms with Crippen molar-refractivity contribution >= 4 is 6.08 Å². The van der Waals surface area contributed by atoms with E-state index in [4.69, 9.17) is 0 Å². The van der Waals surface area contributed by atoms with Gasteiger partial charge in [-0.3, -0.25) is 0 Å². The van der Waals surface area contributed by atoms with Gasteiger partial charge in [-0.1, -0.05) is 55.0 Å². The van der Waals surface area contributed by atoms with Crippen molar-refractivity contribution in [1.82, 2.24) is 0 Å². The average molecular weight is 343 g/mol. The summed E-state index contributed by atoms with van der Waals surface area (Å²) in [5, 5.41) is 0. The van der Waals surface area contributed by atoms with Gasteiger partial charge in [0.1, 0.15) is 26.2 Å². The number of nitrogens with one attached hydrogen (secondary N) is 2. The van der Waals surface area contributed by atoms with E-state index in [0.717, 1.165) is 5.92 Å². The third-order valence-electron chi connectivity index (χ3n) is 5.38. The van der Waals surface area contributed by atoms with Gasteiger partial charge >= 0.3 is 0 Å². The molecule has 0 aliphatic carbocycles. The molecule has 0 radical (unpaired) electrons. The highest BCUT2D eigenvalue weighted by Gasteiger charge is 2.21. The van der Waals surface area contributed by atoms with Crippen LogP contribution in [0.4, 0.5) is 0 Å². The normalized spacial score (nSPS) is 22.0. The Balaban J connectivity index is 1.58. The van der Waals surface area contributed by atoms with Crippen LogP contribution in [0.2, 0.25) is 0 Å². The standard InChI is InChI=1S/C23H36N2/c1-21(2)9-7-10-22(3)14-16-25-19-17-24(18-20-25)15-8-13-23-11-5-4-6-12-23/h4-6,8-9,11-13,22H,7,10,14-20H2,1-3H3/p+2/t22-/m0/s1. The van der Waals surface area contributed by atoms with Gasteiger partial charge in [0, 0.05) is 0 Å². The van der Waals surface area contributed by atoms with Crippen molar-refractivity contribution in [2.24, 2.45) is 5.92 Å². The second kappa shape index (κ2) is 11.3. The molecule has 1 atom stereocenters. The third-order valence-corrected chi connectivity index (χ3v) is 5.38. The smallest absolute Gasteiger partial charge is 0.127 e. The molecule has 1 fully saturated rings. The van der Waals surface area contributed by atoms with Crippen LogP contribution in [0, 0.1) is 5.92 Å². The fraction of sp³-hybridized carbons (Fsp3) is 0.565. The van der Waals surface area contributed by atoms with E-state index < -0.39 is 0 Å². The Labute approximate surface area is 155 Å². The van der Waals surface area contributed by atoms with Crippen molar-refractivity contribution in [2.75, 3.05) is 39.3 Å². The van der Waals surface area contributed by atoms with Crippen molar-refractivity contribution < 1.29 is 9.80 Å². The van der Waals surface area contributed by atoms with Crippen LogP contribution in [0.15, 0.2) is 48.1 Å². The van der Waals surface area contributed by atoms with E-state index in [2.05, 4.69) is 69.3 Å². The van der Waals surface area contributed by atoms with Gasteiger partial charge in [0.25, 0.3) is 0 Å². The van der Waals surface area contributed by atoms with E-state index in [0.29, 0.717) is 0 Å². The number of quaternary nitrogens is 2. The van der Waals surface area contributed by atoms with Crippen LogP contribution in [0.3, 0.4) is 0 Å². The van der Waals surface area contributed by atoms with Crippen molar-refractivity contribution in [3.63, 3.8) is 0 Å². The van der Waals surface area contributed by atoms with Crippen molar-refractivity contribution in [3.8, 4) is 0 Å². The molecule has 25 heavy (non-hydrogen) atoms. The number of benzene rings is 1.